The van der Waals surface area contributed by atoms with E-state index in [1.54, 1.807) is 30.3 Å². The summed E-state index contributed by atoms with van der Waals surface area (Å²) in [6.07, 6.45) is -0.750. The van der Waals surface area contributed by atoms with Gasteiger partial charge in [-0.1, -0.05) is 41.9 Å². The lowest BCUT2D eigenvalue weighted by Gasteiger charge is -2.13. The minimum Gasteiger partial charge on any atom is -0.387 e. The third-order valence-electron chi connectivity index (χ3n) is 3.10. The molecule has 0 aliphatic heterocycles. The van der Waals surface area contributed by atoms with E-state index in [4.69, 9.17) is 11.6 Å². The molecule has 0 saturated heterocycles. The molecule has 0 heterocycles. The molecule has 0 aliphatic carbocycles. The molecule has 4 heteroatoms. The second-order valence-corrected chi connectivity index (χ2v) is 5.03. The monoisotopic (exact) mass is 289 g/mol. The van der Waals surface area contributed by atoms with Crippen LogP contribution in [0.25, 0.3) is 0 Å². The smallest absolute Gasteiger partial charge is 0.251 e. The van der Waals surface area contributed by atoms with E-state index in [0.29, 0.717) is 10.6 Å². The first kappa shape index (κ1) is 14.6. The first-order chi connectivity index (χ1) is 9.58. The highest BCUT2D eigenvalue weighted by atomic mass is 35.5. The van der Waals surface area contributed by atoms with Crippen LogP contribution in [0.5, 0.6) is 0 Å². The summed E-state index contributed by atoms with van der Waals surface area (Å²) >= 11 is 5.79. The van der Waals surface area contributed by atoms with Crippen molar-refractivity contribution in [2.45, 2.75) is 13.0 Å². The van der Waals surface area contributed by atoms with Gasteiger partial charge >= 0.3 is 0 Å². The molecule has 1 amide bonds. The van der Waals surface area contributed by atoms with Crippen molar-refractivity contribution in [2.75, 3.05) is 6.54 Å². The topological polar surface area (TPSA) is 49.3 Å². The predicted octanol–water partition coefficient (Wildman–Crippen LogP) is 3.11. The summed E-state index contributed by atoms with van der Waals surface area (Å²) in [4.78, 5) is 12.0. The van der Waals surface area contributed by atoms with Crippen molar-refractivity contribution < 1.29 is 9.90 Å². The zero-order valence-electron chi connectivity index (χ0n) is 11.1. The van der Waals surface area contributed by atoms with Crippen LogP contribution in [0.1, 0.15) is 27.6 Å². The molecule has 1 unspecified atom stereocenters. The third-order valence-corrected chi connectivity index (χ3v) is 3.35. The molecule has 0 saturated carbocycles. The number of halogens is 1. The zero-order valence-corrected chi connectivity index (χ0v) is 11.9. The van der Waals surface area contributed by atoms with Crippen molar-refractivity contribution in [3.05, 3.63) is 70.2 Å². The molecule has 0 radical (unpaired) electrons. The van der Waals surface area contributed by atoms with Crippen molar-refractivity contribution >= 4 is 17.5 Å². The van der Waals surface area contributed by atoms with Crippen LogP contribution in [0, 0.1) is 6.92 Å². The number of rotatable bonds is 4. The minimum absolute atomic E-state index is 0.162. The summed E-state index contributed by atoms with van der Waals surface area (Å²) < 4.78 is 0. The molecule has 0 bridgehead atoms. The molecule has 3 nitrogen and oxygen atoms in total. The molecule has 0 aliphatic rings. The largest absolute Gasteiger partial charge is 0.387 e. The molecule has 2 N–H and O–H groups in total. The van der Waals surface area contributed by atoms with Crippen LogP contribution in [-0.2, 0) is 0 Å². The van der Waals surface area contributed by atoms with E-state index >= 15 is 0 Å². The number of benzene rings is 2. The summed E-state index contributed by atoms with van der Waals surface area (Å²) in [5.41, 5.74) is 2.25. The van der Waals surface area contributed by atoms with Gasteiger partial charge in [-0.25, -0.2) is 0 Å². The van der Waals surface area contributed by atoms with Crippen LogP contribution in [0.3, 0.4) is 0 Å². The Morgan fingerprint density at radius 3 is 2.50 bits per heavy atom. The Bertz CT molecular complexity index is 596. The maximum absolute atomic E-state index is 12.0. The van der Waals surface area contributed by atoms with Gasteiger partial charge in [0, 0.05) is 17.1 Å². The predicted molar refractivity (Wildman–Crippen MR) is 79.9 cm³/mol. The van der Waals surface area contributed by atoms with Gasteiger partial charge < -0.3 is 10.4 Å². The quantitative estimate of drug-likeness (QED) is 0.908. The highest BCUT2D eigenvalue weighted by Crippen LogP contribution is 2.16. The molecular formula is C16H16ClNO2. The number of carbonyl (C=O) groups excluding carboxylic acids is 1. The van der Waals surface area contributed by atoms with E-state index in [1.165, 1.54) is 0 Å². The van der Waals surface area contributed by atoms with E-state index < -0.39 is 6.10 Å². The van der Waals surface area contributed by atoms with Crippen LogP contribution in [-0.4, -0.2) is 17.6 Å². The van der Waals surface area contributed by atoms with Gasteiger partial charge in [-0.2, -0.15) is 0 Å². The molecule has 104 valence electrons. The summed E-state index contributed by atoms with van der Waals surface area (Å²) in [5, 5.41) is 13.4. The molecule has 2 aromatic rings. The number of carbonyl (C=O) groups is 1. The Hall–Kier alpha value is -1.84. The summed E-state index contributed by atoms with van der Waals surface area (Å²) in [5.74, 6) is -0.184. The Morgan fingerprint density at radius 1 is 1.20 bits per heavy atom. The van der Waals surface area contributed by atoms with E-state index in [-0.39, 0.29) is 12.5 Å². The van der Waals surface area contributed by atoms with Gasteiger partial charge in [0.2, 0.25) is 0 Å². The lowest BCUT2D eigenvalue weighted by Crippen LogP contribution is -2.28. The standard InChI is InChI=1S/C16H16ClNO2/c1-11-4-2-3-5-14(11)16(20)18-10-15(19)12-6-8-13(17)9-7-12/h2-9,15,19H,10H2,1H3,(H,18,20). The van der Waals surface area contributed by atoms with Crippen molar-refractivity contribution in [1.82, 2.24) is 5.32 Å². The second-order valence-electron chi connectivity index (χ2n) is 4.59. The summed E-state index contributed by atoms with van der Waals surface area (Å²) in [6, 6.07) is 14.3. The fourth-order valence-electron chi connectivity index (χ4n) is 1.92. The van der Waals surface area contributed by atoms with Crippen LogP contribution < -0.4 is 5.32 Å². The SMILES string of the molecule is Cc1ccccc1C(=O)NCC(O)c1ccc(Cl)cc1. The van der Waals surface area contributed by atoms with E-state index in [1.807, 2.05) is 25.1 Å². The van der Waals surface area contributed by atoms with Crippen molar-refractivity contribution in [1.29, 1.82) is 0 Å². The molecule has 0 aromatic heterocycles. The van der Waals surface area contributed by atoms with Gasteiger partial charge in [-0.15, -0.1) is 0 Å². The molecule has 1 atom stereocenters. The molecule has 2 aromatic carbocycles. The number of nitrogens with one attached hydrogen (secondary N) is 1. The summed E-state index contributed by atoms with van der Waals surface area (Å²) in [7, 11) is 0. The fraction of sp³-hybridized carbons (Fsp3) is 0.188. The zero-order chi connectivity index (χ0) is 14.5. The van der Waals surface area contributed by atoms with Crippen LogP contribution in [0.4, 0.5) is 0 Å². The Labute approximate surface area is 123 Å². The summed E-state index contributed by atoms with van der Waals surface area (Å²) in [6.45, 7) is 2.04. The second kappa shape index (κ2) is 6.55. The van der Waals surface area contributed by atoms with E-state index in [0.717, 1.165) is 11.1 Å². The Morgan fingerprint density at radius 2 is 1.85 bits per heavy atom. The van der Waals surface area contributed by atoms with Gasteiger partial charge in [0.15, 0.2) is 0 Å². The number of aliphatic hydroxyl groups is 1. The van der Waals surface area contributed by atoms with E-state index in [2.05, 4.69) is 5.32 Å². The van der Waals surface area contributed by atoms with E-state index in [9.17, 15) is 9.90 Å². The lowest BCUT2D eigenvalue weighted by molar-refractivity contribution is 0.0915. The van der Waals surface area contributed by atoms with Gasteiger partial charge in [0.1, 0.15) is 0 Å². The van der Waals surface area contributed by atoms with Crippen molar-refractivity contribution in [3.8, 4) is 0 Å². The van der Waals surface area contributed by atoms with Crippen molar-refractivity contribution in [3.63, 3.8) is 0 Å². The number of aryl methyl sites for hydroxylation is 1. The van der Waals surface area contributed by atoms with Gasteiger partial charge in [-0.05, 0) is 36.2 Å². The maximum Gasteiger partial charge on any atom is 0.251 e. The molecule has 2 rings (SSSR count). The first-order valence-corrected chi connectivity index (χ1v) is 6.73. The normalized spacial score (nSPS) is 11.9. The molecule has 0 fully saturated rings. The number of amides is 1. The minimum atomic E-state index is -0.750. The third kappa shape index (κ3) is 3.59. The Balaban J connectivity index is 1.97. The number of hydrogen-bond acceptors (Lipinski definition) is 2. The highest BCUT2D eigenvalue weighted by molar-refractivity contribution is 6.30. The van der Waals surface area contributed by atoms with Crippen LogP contribution >= 0.6 is 11.6 Å². The fourth-order valence-corrected chi connectivity index (χ4v) is 2.04. The van der Waals surface area contributed by atoms with Gasteiger partial charge in [-0.3, -0.25) is 4.79 Å². The first-order valence-electron chi connectivity index (χ1n) is 6.35. The maximum atomic E-state index is 12.0. The van der Waals surface area contributed by atoms with Gasteiger partial charge in [0.25, 0.3) is 5.91 Å². The van der Waals surface area contributed by atoms with Crippen LogP contribution in [0.2, 0.25) is 5.02 Å². The highest BCUT2D eigenvalue weighted by Gasteiger charge is 2.12. The molecular weight excluding hydrogens is 274 g/mol. The molecule has 20 heavy (non-hydrogen) atoms. The van der Waals surface area contributed by atoms with Crippen LogP contribution in [0.15, 0.2) is 48.5 Å². The average molecular weight is 290 g/mol. The average Bonchev–Trinajstić information content (AvgIpc) is 2.45. The lowest BCUT2D eigenvalue weighted by atomic mass is 10.1. The number of hydrogen-bond donors (Lipinski definition) is 2. The van der Waals surface area contributed by atoms with Crippen molar-refractivity contribution in [2.24, 2.45) is 0 Å². The Kier molecular flexibility index (Phi) is 4.77. The number of aliphatic hydroxyl groups excluding tert-OH is 1. The molecule has 0 spiro atoms. The van der Waals surface area contributed by atoms with Gasteiger partial charge in [0.05, 0.1) is 6.10 Å².